The second-order valence-electron chi connectivity index (χ2n) is 4.95. The van der Waals surface area contributed by atoms with Gasteiger partial charge in [0.15, 0.2) is 0 Å². The zero-order chi connectivity index (χ0) is 10.9. The molecular weight excluding hydrogens is 190 g/mol. The molecule has 1 amide bonds. The highest BCUT2D eigenvalue weighted by molar-refractivity contribution is 5.79. The molecule has 15 heavy (non-hydrogen) atoms. The van der Waals surface area contributed by atoms with Crippen molar-refractivity contribution in [2.75, 3.05) is 13.1 Å². The van der Waals surface area contributed by atoms with Crippen LogP contribution in [-0.4, -0.2) is 35.6 Å². The van der Waals surface area contributed by atoms with E-state index in [2.05, 4.69) is 24.6 Å². The van der Waals surface area contributed by atoms with Gasteiger partial charge in [-0.2, -0.15) is 0 Å². The summed E-state index contributed by atoms with van der Waals surface area (Å²) < 4.78 is 0. The molecule has 2 aliphatic rings. The number of amides is 1. The van der Waals surface area contributed by atoms with Gasteiger partial charge in [-0.05, 0) is 39.3 Å². The SMILES string of the molecule is CCC1(C)CC(=O)N(C2CCNCC2)N1. The van der Waals surface area contributed by atoms with Crippen LogP contribution < -0.4 is 10.7 Å². The first-order valence-electron chi connectivity index (χ1n) is 5.95. The van der Waals surface area contributed by atoms with Crippen LogP contribution in [0.3, 0.4) is 0 Å². The number of carbonyl (C=O) groups is 1. The monoisotopic (exact) mass is 211 g/mol. The minimum atomic E-state index is -0.0119. The Morgan fingerprint density at radius 2 is 2.13 bits per heavy atom. The molecule has 0 aliphatic carbocycles. The Hall–Kier alpha value is -0.610. The smallest absolute Gasteiger partial charge is 0.238 e. The van der Waals surface area contributed by atoms with Crippen molar-refractivity contribution in [1.29, 1.82) is 0 Å². The lowest BCUT2D eigenvalue weighted by Crippen LogP contribution is -2.52. The largest absolute Gasteiger partial charge is 0.317 e. The van der Waals surface area contributed by atoms with Crippen LogP contribution in [-0.2, 0) is 4.79 Å². The highest BCUT2D eigenvalue weighted by Gasteiger charge is 2.40. The topological polar surface area (TPSA) is 44.4 Å². The van der Waals surface area contributed by atoms with E-state index in [0.29, 0.717) is 12.5 Å². The van der Waals surface area contributed by atoms with Crippen LogP contribution in [0.25, 0.3) is 0 Å². The molecular formula is C11H21N3O. The molecule has 1 unspecified atom stereocenters. The molecule has 2 aliphatic heterocycles. The fourth-order valence-electron chi connectivity index (χ4n) is 2.38. The van der Waals surface area contributed by atoms with Gasteiger partial charge in [-0.3, -0.25) is 9.80 Å². The van der Waals surface area contributed by atoms with E-state index in [4.69, 9.17) is 0 Å². The van der Waals surface area contributed by atoms with Gasteiger partial charge in [0.2, 0.25) is 5.91 Å². The minimum absolute atomic E-state index is 0.0119. The second-order valence-corrected chi connectivity index (χ2v) is 4.95. The average Bonchev–Trinajstić information content (AvgIpc) is 2.57. The van der Waals surface area contributed by atoms with Gasteiger partial charge in [0.25, 0.3) is 0 Å². The summed E-state index contributed by atoms with van der Waals surface area (Å²) in [6, 6.07) is 0.395. The molecule has 2 heterocycles. The Labute approximate surface area is 91.4 Å². The predicted octanol–water partition coefficient (Wildman–Crippen LogP) is 0.644. The lowest BCUT2D eigenvalue weighted by atomic mass is 9.97. The van der Waals surface area contributed by atoms with Gasteiger partial charge >= 0.3 is 0 Å². The summed E-state index contributed by atoms with van der Waals surface area (Å²) in [7, 11) is 0. The van der Waals surface area contributed by atoms with Crippen LogP contribution in [0.4, 0.5) is 0 Å². The third-order valence-electron chi connectivity index (χ3n) is 3.65. The molecule has 4 heteroatoms. The number of carbonyl (C=O) groups excluding carboxylic acids is 1. The zero-order valence-corrected chi connectivity index (χ0v) is 9.68. The number of hydrogen-bond donors (Lipinski definition) is 2. The Bertz CT molecular complexity index is 250. The van der Waals surface area contributed by atoms with Crippen LogP contribution in [0.15, 0.2) is 0 Å². The maximum absolute atomic E-state index is 11.9. The number of hydrogen-bond acceptors (Lipinski definition) is 3. The summed E-state index contributed by atoms with van der Waals surface area (Å²) in [5, 5.41) is 5.22. The molecule has 1 atom stereocenters. The van der Waals surface area contributed by atoms with Gasteiger partial charge in [0, 0.05) is 12.0 Å². The lowest BCUT2D eigenvalue weighted by Gasteiger charge is -2.33. The molecule has 0 saturated carbocycles. The van der Waals surface area contributed by atoms with Crippen molar-refractivity contribution in [2.24, 2.45) is 0 Å². The summed E-state index contributed by atoms with van der Waals surface area (Å²) in [5.41, 5.74) is 3.38. The van der Waals surface area contributed by atoms with E-state index in [1.165, 1.54) is 0 Å². The Morgan fingerprint density at radius 3 is 2.67 bits per heavy atom. The van der Waals surface area contributed by atoms with Crippen molar-refractivity contribution in [3.8, 4) is 0 Å². The van der Waals surface area contributed by atoms with Crippen LogP contribution in [0.5, 0.6) is 0 Å². The van der Waals surface area contributed by atoms with Crippen LogP contribution in [0.2, 0.25) is 0 Å². The molecule has 2 rings (SSSR count). The maximum Gasteiger partial charge on any atom is 0.238 e. The minimum Gasteiger partial charge on any atom is -0.317 e. The van der Waals surface area contributed by atoms with Gasteiger partial charge in [0.05, 0.1) is 6.04 Å². The van der Waals surface area contributed by atoms with E-state index in [0.717, 1.165) is 32.4 Å². The van der Waals surface area contributed by atoms with Crippen molar-refractivity contribution in [1.82, 2.24) is 15.8 Å². The molecule has 2 N–H and O–H groups in total. The van der Waals surface area contributed by atoms with Crippen molar-refractivity contribution < 1.29 is 4.79 Å². The molecule has 0 aromatic heterocycles. The number of nitrogens with one attached hydrogen (secondary N) is 2. The fourth-order valence-corrected chi connectivity index (χ4v) is 2.38. The highest BCUT2D eigenvalue weighted by atomic mass is 16.2. The predicted molar refractivity (Wildman–Crippen MR) is 59.2 cm³/mol. The van der Waals surface area contributed by atoms with Crippen LogP contribution in [0, 0.1) is 0 Å². The van der Waals surface area contributed by atoms with E-state index >= 15 is 0 Å². The molecule has 4 nitrogen and oxygen atoms in total. The highest BCUT2D eigenvalue weighted by Crippen LogP contribution is 2.26. The fraction of sp³-hybridized carbons (Fsp3) is 0.909. The Kier molecular flexibility index (Phi) is 2.98. The lowest BCUT2D eigenvalue weighted by molar-refractivity contribution is -0.132. The van der Waals surface area contributed by atoms with Gasteiger partial charge in [-0.25, -0.2) is 5.43 Å². The number of nitrogens with zero attached hydrogens (tertiary/aromatic N) is 1. The first-order chi connectivity index (χ1) is 7.14. The number of rotatable bonds is 2. The van der Waals surface area contributed by atoms with E-state index in [-0.39, 0.29) is 11.4 Å². The first-order valence-corrected chi connectivity index (χ1v) is 5.95. The third-order valence-corrected chi connectivity index (χ3v) is 3.65. The molecule has 0 aromatic rings. The van der Waals surface area contributed by atoms with Gasteiger partial charge in [0.1, 0.15) is 0 Å². The molecule has 2 fully saturated rings. The molecule has 2 saturated heterocycles. The molecule has 0 bridgehead atoms. The van der Waals surface area contributed by atoms with Crippen molar-refractivity contribution >= 4 is 5.91 Å². The normalized spacial score (nSPS) is 33.7. The molecule has 0 spiro atoms. The average molecular weight is 211 g/mol. The number of piperidine rings is 1. The summed E-state index contributed by atoms with van der Waals surface area (Å²) in [6.07, 6.45) is 3.78. The van der Waals surface area contributed by atoms with Crippen molar-refractivity contribution in [3.63, 3.8) is 0 Å². The van der Waals surface area contributed by atoms with E-state index in [1.54, 1.807) is 0 Å². The zero-order valence-electron chi connectivity index (χ0n) is 9.68. The van der Waals surface area contributed by atoms with Gasteiger partial charge < -0.3 is 5.32 Å². The maximum atomic E-state index is 11.9. The summed E-state index contributed by atoms with van der Waals surface area (Å²) >= 11 is 0. The van der Waals surface area contributed by atoms with E-state index in [1.807, 2.05) is 5.01 Å². The van der Waals surface area contributed by atoms with Crippen LogP contribution in [0.1, 0.15) is 39.5 Å². The summed E-state index contributed by atoms with van der Waals surface area (Å²) in [5.74, 6) is 0.270. The van der Waals surface area contributed by atoms with Crippen LogP contribution >= 0.6 is 0 Å². The molecule has 0 aromatic carbocycles. The summed E-state index contributed by atoms with van der Waals surface area (Å²) in [6.45, 7) is 6.32. The van der Waals surface area contributed by atoms with E-state index < -0.39 is 0 Å². The van der Waals surface area contributed by atoms with E-state index in [9.17, 15) is 4.79 Å². The Balaban J connectivity index is 2.01. The Morgan fingerprint density at radius 1 is 1.47 bits per heavy atom. The standard InChI is InChI=1S/C11H21N3O/c1-3-11(2)8-10(15)14(13-11)9-4-6-12-7-5-9/h9,12-13H,3-8H2,1-2H3. The second kappa shape index (κ2) is 4.10. The third kappa shape index (κ3) is 2.16. The molecule has 0 radical (unpaired) electrons. The van der Waals surface area contributed by atoms with Gasteiger partial charge in [-0.1, -0.05) is 6.92 Å². The van der Waals surface area contributed by atoms with Gasteiger partial charge in [-0.15, -0.1) is 0 Å². The van der Waals surface area contributed by atoms with Crippen molar-refractivity contribution in [3.05, 3.63) is 0 Å². The van der Waals surface area contributed by atoms with Crippen molar-refractivity contribution in [2.45, 2.75) is 51.1 Å². The number of hydrazine groups is 1. The first kappa shape index (κ1) is 10.9. The summed E-state index contributed by atoms with van der Waals surface area (Å²) in [4.78, 5) is 11.9. The quantitative estimate of drug-likeness (QED) is 0.704. The molecule has 86 valence electrons.